The first kappa shape index (κ1) is 34.4. The molecule has 0 bridgehead atoms. The summed E-state index contributed by atoms with van der Waals surface area (Å²) in [6.45, 7) is 0.815. The van der Waals surface area contributed by atoms with Crippen LogP contribution in [0.25, 0.3) is 0 Å². The summed E-state index contributed by atoms with van der Waals surface area (Å²) in [5, 5.41) is 6.58. The van der Waals surface area contributed by atoms with Crippen molar-refractivity contribution in [2.45, 2.75) is 51.4 Å². The number of carbonyl (C=O) groups is 4. The Morgan fingerprint density at radius 1 is 0.636 bits per heavy atom. The van der Waals surface area contributed by atoms with Crippen LogP contribution in [0.4, 0.5) is 11.4 Å². The highest BCUT2D eigenvalue weighted by Gasteiger charge is 2.41. The van der Waals surface area contributed by atoms with Gasteiger partial charge in [-0.15, -0.1) is 0 Å². The SMILES string of the molecule is O=C(CCCCCN1C(=O)/C(=C2\SC(=S)N(CCCCCC(=O)Nc3ccccc3Cl)C2=O)SC1=S)Nc1ccccc1Cl. The van der Waals surface area contributed by atoms with E-state index in [4.69, 9.17) is 47.6 Å². The van der Waals surface area contributed by atoms with Gasteiger partial charge in [0.2, 0.25) is 11.8 Å². The molecule has 232 valence electrons. The molecule has 0 aromatic heterocycles. The molecule has 2 aliphatic heterocycles. The summed E-state index contributed by atoms with van der Waals surface area (Å²) in [7, 11) is 0. The molecule has 2 N–H and O–H groups in total. The van der Waals surface area contributed by atoms with Crippen LogP contribution in [0.3, 0.4) is 0 Å². The van der Waals surface area contributed by atoms with Crippen molar-refractivity contribution in [2.75, 3.05) is 23.7 Å². The second-order valence-electron chi connectivity index (χ2n) is 9.99. The van der Waals surface area contributed by atoms with E-state index in [2.05, 4.69) is 10.6 Å². The van der Waals surface area contributed by atoms with Gasteiger partial charge in [-0.2, -0.15) is 0 Å². The van der Waals surface area contributed by atoms with Gasteiger partial charge in [0.25, 0.3) is 11.8 Å². The van der Waals surface area contributed by atoms with Crippen molar-refractivity contribution in [3.63, 3.8) is 0 Å². The number of para-hydroxylation sites is 2. The number of amides is 4. The highest BCUT2D eigenvalue weighted by molar-refractivity contribution is 8.29. The van der Waals surface area contributed by atoms with Crippen LogP contribution in [0.1, 0.15) is 51.4 Å². The number of nitrogens with zero attached hydrogens (tertiary/aromatic N) is 2. The third kappa shape index (κ3) is 9.27. The molecule has 4 rings (SSSR count). The Bertz CT molecular complexity index is 1390. The lowest BCUT2D eigenvalue weighted by Gasteiger charge is -2.14. The number of nitrogens with one attached hydrogen (secondary N) is 2. The van der Waals surface area contributed by atoms with Gasteiger partial charge in [0.1, 0.15) is 8.64 Å². The summed E-state index contributed by atoms with van der Waals surface area (Å²) in [5.74, 6) is -0.822. The highest BCUT2D eigenvalue weighted by atomic mass is 35.5. The third-order valence-electron chi connectivity index (χ3n) is 6.77. The molecule has 0 aliphatic carbocycles. The Balaban J connectivity index is 1.18. The van der Waals surface area contributed by atoms with Crippen molar-refractivity contribution in [1.29, 1.82) is 0 Å². The van der Waals surface area contributed by atoms with Crippen molar-refractivity contribution >= 4 is 115 Å². The zero-order valence-corrected chi connectivity index (χ0v) is 28.4. The van der Waals surface area contributed by atoms with Crippen molar-refractivity contribution in [2.24, 2.45) is 0 Å². The van der Waals surface area contributed by atoms with E-state index in [-0.39, 0.29) is 23.6 Å². The number of thioether (sulfide) groups is 2. The molecule has 4 amide bonds. The standard InChI is InChI=1S/C30H30Cl2N4O4S4/c31-19-11-5-7-13-21(19)33-23(37)15-3-1-9-17-35-27(39)25(43-29(35)41)26-28(40)36(30(42)44-26)18-10-2-4-16-24(38)34-22-14-8-6-12-20(22)32/h5-8,11-14H,1-4,9-10,15-18H2,(H,33,37)(H,34,38)/b26-25+. The largest absolute Gasteiger partial charge is 0.325 e. The second-order valence-corrected chi connectivity index (χ2v) is 14.1. The van der Waals surface area contributed by atoms with E-state index >= 15 is 0 Å². The molecule has 0 unspecified atom stereocenters. The van der Waals surface area contributed by atoms with Gasteiger partial charge in [0.15, 0.2) is 0 Å². The summed E-state index contributed by atoms with van der Waals surface area (Å²) < 4.78 is 0.809. The molecular formula is C30H30Cl2N4O4S4. The number of hydrogen-bond donors (Lipinski definition) is 2. The van der Waals surface area contributed by atoms with Crippen molar-refractivity contribution in [1.82, 2.24) is 9.80 Å². The lowest BCUT2D eigenvalue weighted by molar-refractivity contribution is -0.124. The topological polar surface area (TPSA) is 98.8 Å². The predicted octanol–water partition coefficient (Wildman–Crippen LogP) is 7.62. The predicted molar refractivity (Wildman–Crippen MR) is 188 cm³/mol. The number of anilines is 2. The monoisotopic (exact) mass is 708 g/mol. The number of halogens is 2. The van der Waals surface area contributed by atoms with Gasteiger partial charge in [-0.1, -0.05) is 108 Å². The van der Waals surface area contributed by atoms with Gasteiger partial charge in [-0.05, 0) is 49.9 Å². The average Bonchev–Trinajstić information content (AvgIpc) is 3.43. The molecule has 2 aromatic rings. The van der Waals surface area contributed by atoms with Crippen LogP contribution < -0.4 is 10.6 Å². The first-order chi connectivity index (χ1) is 21.2. The number of hydrogen-bond acceptors (Lipinski definition) is 8. The van der Waals surface area contributed by atoms with Gasteiger partial charge in [-0.3, -0.25) is 29.0 Å². The normalized spacial score (nSPS) is 16.7. The maximum absolute atomic E-state index is 13.2. The van der Waals surface area contributed by atoms with Gasteiger partial charge in [0.05, 0.1) is 31.2 Å². The molecule has 2 aromatic carbocycles. The quantitative estimate of drug-likeness (QED) is 0.118. The summed E-state index contributed by atoms with van der Waals surface area (Å²) in [6, 6.07) is 14.1. The fourth-order valence-electron chi connectivity index (χ4n) is 4.47. The maximum Gasteiger partial charge on any atom is 0.267 e. The first-order valence-electron chi connectivity index (χ1n) is 14.1. The van der Waals surface area contributed by atoms with Crippen LogP contribution in [-0.4, -0.2) is 55.2 Å². The van der Waals surface area contributed by atoms with Crippen LogP contribution in [0, 0.1) is 0 Å². The van der Waals surface area contributed by atoms with Gasteiger partial charge >= 0.3 is 0 Å². The van der Waals surface area contributed by atoms with Gasteiger partial charge in [0, 0.05) is 25.9 Å². The molecular weight excluding hydrogens is 680 g/mol. The molecule has 14 heteroatoms. The average molecular weight is 710 g/mol. The van der Waals surface area contributed by atoms with E-state index in [1.54, 1.807) is 48.5 Å². The van der Waals surface area contributed by atoms with Gasteiger partial charge < -0.3 is 10.6 Å². The number of carbonyl (C=O) groups excluding carboxylic acids is 4. The summed E-state index contributed by atoms with van der Waals surface area (Å²) in [6.07, 6.45) is 4.75. The Morgan fingerprint density at radius 3 is 1.41 bits per heavy atom. The minimum atomic E-state index is -0.290. The Morgan fingerprint density at radius 2 is 1.02 bits per heavy atom. The number of benzene rings is 2. The van der Waals surface area contributed by atoms with Crippen LogP contribution in [0.2, 0.25) is 10.0 Å². The zero-order chi connectivity index (χ0) is 31.6. The van der Waals surface area contributed by atoms with Crippen LogP contribution >= 0.6 is 71.2 Å². The molecule has 0 saturated carbocycles. The van der Waals surface area contributed by atoms with E-state index < -0.39 is 0 Å². The fraction of sp³-hybridized carbons (Fsp3) is 0.333. The van der Waals surface area contributed by atoms with Crippen molar-refractivity contribution in [3.8, 4) is 0 Å². The van der Waals surface area contributed by atoms with E-state index in [1.165, 1.54) is 9.80 Å². The molecule has 2 aliphatic rings. The molecule has 0 radical (unpaired) electrons. The van der Waals surface area contributed by atoms with E-state index in [0.717, 1.165) is 36.4 Å². The van der Waals surface area contributed by atoms with Crippen LogP contribution in [0.15, 0.2) is 58.3 Å². The number of unbranched alkanes of at least 4 members (excludes halogenated alkanes) is 4. The van der Waals surface area contributed by atoms with Crippen LogP contribution in [-0.2, 0) is 19.2 Å². The Hall–Kier alpha value is -2.48. The Kier molecular flexibility index (Phi) is 13.1. The van der Waals surface area contributed by atoms with Crippen molar-refractivity contribution in [3.05, 3.63) is 68.4 Å². The van der Waals surface area contributed by atoms with Crippen molar-refractivity contribution < 1.29 is 19.2 Å². The van der Waals surface area contributed by atoms with E-state index in [9.17, 15) is 19.2 Å². The second kappa shape index (κ2) is 16.7. The van der Waals surface area contributed by atoms with Crippen LogP contribution in [0.5, 0.6) is 0 Å². The minimum Gasteiger partial charge on any atom is -0.325 e. The lowest BCUT2D eigenvalue weighted by atomic mass is 10.1. The molecule has 0 atom stereocenters. The van der Waals surface area contributed by atoms with E-state index in [0.29, 0.717) is 91.5 Å². The maximum atomic E-state index is 13.2. The number of rotatable bonds is 14. The third-order valence-corrected chi connectivity index (χ3v) is 10.5. The zero-order valence-electron chi connectivity index (χ0n) is 23.6. The molecule has 0 spiro atoms. The summed E-state index contributed by atoms with van der Waals surface area (Å²) >= 11 is 25.3. The molecule has 2 fully saturated rings. The number of thiocarbonyl (C=S) groups is 2. The molecule has 44 heavy (non-hydrogen) atoms. The molecule has 2 heterocycles. The summed E-state index contributed by atoms with van der Waals surface area (Å²) in [5.41, 5.74) is 1.16. The smallest absolute Gasteiger partial charge is 0.267 e. The molecule has 8 nitrogen and oxygen atoms in total. The first-order valence-corrected chi connectivity index (χ1v) is 17.3. The lowest BCUT2D eigenvalue weighted by Crippen LogP contribution is -2.31. The fourth-order valence-corrected chi connectivity index (χ4v) is 7.61. The summed E-state index contributed by atoms with van der Waals surface area (Å²) in [4.78, 5) is 54.5. The highest BCUT2D eigenvalue weighted by Crippen LogP contribution is 2.42. The van der Waals surface area contributed by atoms with E-state index in [1.807, 2.05) is 0 Å². The molecule has 2 saturated heterocycles. The minimum absolute atomic E-state index is 0.121. The Labute approximate surface area is 285 Å². The van der Waals surface area contributed by atoms with Gasteiger partial charge in [-0.25, -0.2) is 0 Å².